The first kappa shape index (κ1) is 12.7. The Balaban J connectivity index is 2.72. The largest absolute Gasteiger partial charge is 0.285 e. The van der Waals surface area contributed by atoms with Crippen LogP contribution in [0.4, 0.5) is 5.69 Å². The Morgan fingerprint density at radius 3 is 2.25 bits per heavy atom. The molecule has 0 aliphatic heterocycles. The first-order chi connectivity index (χ1) is 7.41. The summed E-state index contributed by atoms with van der Waals surface area (Å²) < 4.78 is 23.5. The zero-order chi connectivity index (χ0) is 12.2. The van der Waals surface area contributed by atoms with Gasteiger partial charge in [0.2, 0.25) is 10.0 Å². The van der Waals surface area contributed by atoms with Gasteiger partial charge >= 0.3 is 0 Å². The summed E-state index contributed by atoms with van der Waals surface area (Å²) in [4.78, 5) is 4.14. The van der Waals surface area contributed by atoms with Crippen molar-refractivity contribution in [3.8, 4) is 0 Å². The van der Waals surface area contributed by atoms with E-state index in [-0.39, 0.29) is 0 Å². The minimum Gasteiger partial charge on any atom is -0.285 e. The lowest BCUT2D eigenvalue weighted by atomic mass is 10.3. The highest BCUT2D eigenvalue weighted by Crippen LogP contribution is 2.09. The summed E-state index contributed by atoms with van der Waals surface area (Å²) in [6.07, 6.45) is 2.59. The van der Waals surface area contributed by atoms with Crippen molar-refractivity contribution in [2.24, 2.45) is 4.99 Å². The first-order valence-corrected chi connectivity index (χ1v) is 6.52. The van der Waals surface area contributed by atoms with E-state index in [0.717, 1.165) is 16.4 Å². The third-order valence-electron chi connectivity index (χ3n) is 2.05. The van der Waals surface area contributed by atoms with Crippen LogP contribution in [0.15, 0.2) is 35.3 Å². The second-order valence-corrected chi connectivity index (χ2v) is 5.35. The van der Waals surface area contributed by atoms with Crippen LogP contribution in [-0.4, -0.2) is 44.5 Å². The highest BCUT2D eigenvalue weighted by atomic mass is 32.2. The predicted molar refractivity (Wildman–Crippen MR) is 65.0 cm³/mol. The van der Waals surface area contributed by atoms with Gasteiger partial charge in [-0.3, -0.25) is 5.01 Å². The topological polar surface area (TPSA) is 53.0 Å². The van der Waals surface area contributed by atoms with E-state index >= 15 is 0 Å². The molecule has 1 aromatic carbocycles. The van der Waals surface area contributed by atoms with Crippen LogP contribution in [0.1, 0.15) is 0 Å². The Bertz CT molecular complexity index is 456. The molecule has 0 atom stereocenters. The molecule has 0 bridgehead atoms. The van der Waals surface area contributed by atoms with Crippen molar-refractivity contribution in [2.45, 2.75) is 0 Å². The maximum absolute atomic E-state index is 11.2. The van der Waals surface area contributed by atoms with Crippen molar-refractivity contribution < 1.29 is 8.42 Å². The van der Waals surface area contributed by atoms with Crippen molar-refractivity contribution in [1.82, 2.24) is 9.42 Å². The molecule has 0 aliphatic rings. The molecular formula is C10H15N3O2S. The fraction of sp³-hybridized carbons (Fsp3) is 0.300. The molecule has 0 N–H and O–H groups in total. The Morgan fingerprint density at radius 2 is 1.75 bits per heavy atom. The van der Waals surface area contributed by atoms with Gasteiger partial charge in [-0.05, 0) is 12.1 Å². The van der Waals surface area contributed by atoms with Crippen LogP contribution in [0.2, 0.25) is 0 Å². The fourth-order valence-electron chi connectivity index (χ4n) is 0.971. The van der Waals surface area contributed by atoms with Crippen LogP contribution in [0.5, 0.6) is 0 Å². The lowest BCUT2D eigenvalue weighted by Gasteiger charge is -2.23. The Hall–Kier alpha value is -1.40. The van der Waals surface area contributed by atoms with Crippen molar-refractivity contribution in [3.63, 3.8) is 0 Å². The Kier molecular flexibility index (Phi) is 4.03. The maximum Gasteiger partial charge on any atom is 0.227 e. The zero-order valence-corrected chi connectivity index (χ0v) is 10.3. The average molecular weight is 241 g/mol. The number of hydrogen-bond donors (Lipinski definition) is 0. The third-order valence-corrected chi connectivity index (χ3v) is 3.27. The van der Waals surface area contributed by atoms with Crippen LogP contribution < -0.4 is 0 Å². The van der Waals surface area contributed by atoms with Gasteiger partial charge < -0.3 is 0 Å². The minimum atomic E-state index is -3.24. The standard InChI is InChI=1S/C10H15N3O2S/c1-12(13(2)16(3,14)15)9-11-10-7-5-4-6-8-10/h4-9H,1-3H3. The number of sulfonamides is 1. The summed E-state index contributed by atoms with van der Waals surface area (Å²) in [5.41, 5.74) is 0.774. The zero-order valence-electron chi connectivity index (χ0n) is 9.53. The molecule has 0 saturated carbocycles. The minimum absolute atomic E-state index is 0.774. The molecule has 0 aromatic heterocycles. The molecule has 0 saturated heterocycles. The molecule has 16 heavy (non-hydrogen) atoms. The quantitative estimate of drug-likeness (QED) is 0.450. The molecular weight excluding hydrogens is 226 g/mol. The number of aliphatic imine (C=N–C) groups is 1. The van der Waals surface area contributed by atoms with Crippen molar-refractivity contribution in [2.75, 3.05) is 20.4 Å². The lowest BCUT2D eigenvalue weighted by molar-refractivity contribution is 0.231. The molecule has 0 heterocycles. The van der Waals surface area contributed by atoms with Crippen LogP contribution in [0, 0.1) is 0 Å². The molecule has 0 unspecified atom stereocenters. The van der Waals surface area contributed by atoms with Crippen molar-refractivity contribution >= 4 is 22.0 Å². The van der Waals surface area contributed by atoms with Gasteiger partial charge in [-0.2, -0.15) is 0 Å². The number of benzene rings is 1. The van der Waals surface area contributed by atoms with Crippen molar-refractivity contribution in [1.29, 1.82) is 0 Å². The first-order valence-electron chi connectivity index (χ1n) is 4.67. The molecule has 0 amide bonds. The van der Waals surface area contributed by atoms with Gasteiger partial charge in [0, 0.05) is 14.1 Å². The summed E-state index contributed by atoms with van der Waals surface area (Å²) in [6.45, 7) is 0. The number of hydrazine groups is 1. The molecule has 5 nitrogen and oxygen atoms in total. The van der Waals surface area contributed by atoms with E-state index in [4.69, 9.17) is 0 Å². The Labute approximate surface area is 96.0 Å². The SMILES string of the molecule is CN(C=Nc1ccccc1)N(C)S(C)(=O)=O. The predicted octanol–water partition coefficient (Wildman–Crippen LogP) is 1.08. The second kappa shape index (κ2) is 5.09. The molecule has 1 rings (SSSR count). The van der Waals surface area contributed by atoms with E-state index < -0.39 is 10.0 Å². The normalized spacial score (nSPS) is 12.2. The van der Waals surface area contributed by atoms with Gasteiger partial charge in [0.15, 0.2) is 0 Å². The molecule has 88 valence electrons. The molecule has 0 radical (unpaired) electrons. The smallest absolute Gasteiger partial charge is 0.227 e. The van der Waals surface area contributed by atoms with Crippen LogP contribution in [0.3, 0.4) is 0 Å². The average Bonchev–Trinajstić information content (AvgIpc) is 2.25. The number of para-hydroxylation sites is 1. The number of nitrogens with zero attached hydrogens (tertiary/aromatic N) is 3. The number of rotatable bonds is 4. The van der Waals surface area contributed by atoms with Crippen LogP contribution >= 0.6 is 0 Å². The molecule has 0 aliphatic carbocycles. The van der Waals surface area contributed by atoms with E-state index in [2.05, 4.69) is 4.99 Å². The lowest BCUT2D eigenvalue weighted by Crippen LogP contribution is -2.39. The summed E-state index contributed by atoms with van der Waals surface area (Å²) in [5, 5.41) is 1.41. The highest BCUT2D eigenvalue weighted by Gasteiger charge is 2.13. The van der Waals surface area contributed by atoms with Gasteiger partial charge in [-0.15, -0.1) is 4.41 Å². The molecule has 1 aromatic rings. The fourth-order valence-corrected chi connectivity index (χ4v) is 1.48. The summed E-state index contributed by atoms with van der Waals surface area (Å²) in [5.74, 6) is 0. The maximum atomic E-state index is 11.2. The van der Waals surface area contributed by atoms with E-state index in [0.29, 0.717) is 0 Å². The van der Waals surface area contributed by atoms with Gasteiger partial charge in [-0.25, -0.2) is 13.4 Å². The van der Waals surface area contributed by atoms with Crippen molar-refractivity contribution in [3.05, 3.63) is 30.3 Å². The number of hydrogen-bond acceptors (Lipinski definition) is 3. The highest BCUT2D eigenvalue weighted by molar-refractivity contribution is 7.88. The van der Waals surface area contributed by atoms with Crippen LogP contribution in [0.25, 0.3) is 0 Å². The van der Waals surface area contributed by atoms with E-state index in [1.165, 1.54) is 18.4 Å². The monoisotopic (exact) mass is 241 g/mol. The summed E-state index contributed by atoms with van der Waals surface area (Å²) in [7, 11) is -0.155. The second-order valence-electron chi connectivity index (χ2n) is 3.35. The molecule has 0 spiro atoms. The Morgan fingerprint density at radius 1 is 1.19 bits per heavy atom. The molecule has 6 heteroatoms. The van der Waals surface area contributed by atoms with Gasteiger partial charge in [0.25, 0.3) is 0 Å². The van der Waals surface area contributed by atoms with Gasteiger partial charge in [-0.1, -0.05) is 18.2 Å². The van der Waals surface area contributed by atoms with Gasteiger partial charge in [0.05, 0.1) is 11.9 Å². The van der Waals surface area contributed by atoms with E-state index in [9.17, 15) is 8.42 Å². The third kappa shape index (κ3) is 3.63. The summed E-state index contributed by atoms with van der Waals surface area (Å²) in [6, 6.07) is 9.31. The molecule has 0 fully saturated rings. The van der Waals surface area contributed by atoms with Gasteiger partial charge in [0.1, 0.15) is 6.34 Å². The van der Waals surface area contributed by atoms with E-state index in [1.807, 2.05) is 30.3 Å². The summed E-state index contributed by atoms with van der Waals surface area (Å²) >= 11 is 0. The van der Waals surface area contributed by atoms with E-state index in [1.54, 1.807) is 7.05 Å². The van der Waals surface area contributed by atoms with Crippen LogP contribution in [-0.2, 0) is 10.0 Å².